The minimum absolute atomic E-state index is 0.368. The predicted molar refractivity (Wildman–Crippen MR) is 61.3 cm³/mol. The summed E-state index contributed by atoms with van der Waals surface area (Å²) in [5.74, 6) is -2.21. The smallest absolute Gasteiger partial charge is 0.267 e. The molecule has 94 valence electrons. The van der Waals surface area contributed by atoms with Crippen molar-refractivity contribution in [1.82, 2.24) is 9.95 Å². The Balaban J connectivity index is 3.15. The predicted octanol–water partition coefficient (Wildman–Crippen LogP) is 2.86. The van der Waals surface area contributed by atoms with E-state index >= 15 is 0 Å². The Morgan fingerprint density at radius 2 is 1.94 bits per heavy atom. The molecule has 0 fully saturated rings. The van der Waals surface area contributed by atoms with Crippen molar-refractivity contribution in [2.75, 3.05) is 0 Å². The number of nitrogens with one attached hydrogen (secondary N) is 1. The maximum atomic E-state index is 13.4. The minimum atomic E-state index is -0.794. The van der Waals surface area contributed by atoms with Gasteiger partial charge in [-0.3, -0.25) is 9.80 Å². The summed E-state index contributed by atoms with van der Waals surface area (Å²) in [6, 6.07) is 2.68. The molecule has 1 N–H and O–H groups in total. The van der Waals surface area contributed by atoms with Crippen molar-refractivity contribution in [3.63, 3.8) is 0 Å². The van der Waals surface area contributed by atoms with Gasteiger partial charge in [-0.15, -0.1) is 4.94 Å². The molecule has 0 aliphatic heterocycles. The molecule has 0 bridgehead atoms. The Kier molecular flexibility index (Phi) is 4.06. The number of rotatable bonds is 2. The minimum Gasteiger partial charge on any atom is -0.267 e. The molecule has 0 radical (unpaired) electrons. The first-order valence-corrected chi connectivity index (χ1v) is 5.31. The van der Waals surface area contributed by atoms with Crippen LogP contribution in [0.5, 0.6) is 0 Å². The van der Waals surface area contributed by atoms with Gasteiger partial charge in [0.15, 0.2) is 0 Å². The van der Waals surface area contributed by atoms with E-state index < -0.39 is 23.1 Å². The third kappa shape index (κ3) is 3.14. The second kappa shape index (κ2) is 4.98. The number of nitrogens with zero attached hydrogens (tertiary/aromatic N) is 1. The summed E-state index contributed by atoms with van der Waals surface area (Å²) in [6.07, 6.45) is 0. The number of carbonyl (C=O) groups is 1. The van der Waals surface area contributed by atoms with E-state index in [0.29, 0.717) is 0 Å². The van der Waals surface area contributed by atoms with Gasteiger partial charge in [0.2, 0.25) is 0 Å². The molecule has 0 atom stereocenters. The van der Waals surface area contributed by atoms with Crippen LogP contribution in [0.25, 0.3) is 0 Å². The molecule has 0 spiro atoms. The number of halogens is 3. The highest BCUT2D eigenvalue weighted by Gasteiger charge is 2.29. The van der Waals surface area contributed by atoms with Gasteiger partial charge in [0.05, 0.1) is 11.1 Å². The van der Waals surface area contributed by atoms with E-state index in [1.807, 2.05) is 0 Å². The number of amides is 1. The molecule has 0 aliphatic carbocycles. The van der Waals surface area contributed by atoms with E-state index in [9.17, 15) is 13.6 Å². The van der Waals surface area contributed by atoms with Gasteiger partial charge < -0.3 is 0 Å². The molecule has 3 nitrogen and oxygen atoms in total. The standard InChI is InChI=1S/C11H13ClF2N2O/c1-11(2,3)16(15-12)10(17)8-6-7(13)4-5-9(8)14/h4-6,15H,1-3H3. The molecular weight excluding hydrogens is 250 g/mol. The lowest BCUT2D eigenvalue weighted by Gasteiger charge is -2.33. The second-order valence-corrected chi connectivity index (χ2v) is 4.69. The number of hydrogen-bond acceptors (Lipinski definition) is 2. The lowest BCUT2D eigenvalue weighted by molar-refractivity contribution is 0.0510. The number of hydrazine groups is 1. The Morgan fingerprint density at radius 3 is 2.41 bits per heavy atom. The second-order valence-electron chi connectivity index (χ2n) is 4.52. The summed E-state index contributed by atoms with van der Waals surface area (Å²) < 4.78 is 26.4. The Labute approximate surface area is 103 Å². The van der Waals surface area contributed by atoms with E-state index in [-0.39, 0.29) is 5.56 Å². The van der Waals surface area contributed by atoms with Crippen LogP contribution in [0, 0.1) is 11.6 Å². The molecule has 0 heterocycles. The van der Waals surface area contributed by atoms with Gasteiger partial charge in [0.1, 0.15) is 11.6 Å². The van der Waals surface area contributed by atoms with Crippen molar-refractivity contribution >= 4 is 17.7 Å². The summed E-state index contributed by atoms with van der Waals surface area (Å²) in [4.78, 5) is 14.1. The van der Waals surface area contributed by atoms with Gasteiger partial charge in [-0.2, -0.15) is 0 Å². The quantitative estimate of drug-likeness (QED) is 0.657. The molecule has 1 amide bonds. The monoisotopic (exact) mass is 262 g/mol. The highest BCUT2D eigenvalue weighted by molar-refractivity contribution is 6.14. The maximum absolute atomic E-state index is 13.4. The molecule has 1 aromatic rings. The molecule has 0 aliphatic rings. The van der Waals surface area contributed by atoms with Crippen LogP contribution < -0.4 is 4.94 Å². The largest absolute Gasteiger partial charge is 0.272 e. The molecule has 0 saturated heterocycles. The molecule has 6 heteroatoms. The van der Waals surface area contributed by atoms with Crippen molar-refractivity contribution in [2.24, 2.45) is 0 Å². The van der Waals surface area contributed by atoms with Crippen molar-refractivity contribution in [1.29, 1.82) is 0 Å². The first kappa shape index (κ1) is 13.9. The van der Waals surface area contributed by atoms with Crippen LogP contribution >= 0.6 is 11.8 Å². The average Bonchev–Trinajstić information content (AvgIpc) is 2.20. The third-order valence-electron chi connectivity index (χ3n) is 2.12. The van der Waals surface area contributed by atoms with Crippen molar-refractivity contribution < 1.29 is 13.6 Å². The SMILES string of the molecule is CC(C)(C)N(NCl)C(=O)c1cc(F)ccc1F. The summed E-state index contributed by atoms with van der Waals surface area (Å²) in [5.41, 5.74) is -1.04. The van der Waals surface area contributed by atoms with Gasteiger partial charge >= 0.3 is 0 Å². The summed E-state index contributed by atoms with van der Waals surface area (Å²) in [7, 11) is 0. The van der Waals surface area contributed by atoms with Crippen molar-refractivity contribution in [3.8, 4) is 0 Å². The normalized spacial score (nSPS) is 11.4. The van der Waals surface area contributed by atoms with Crippen LogP contribution in [0.15, 0.2) is 18.2 Å². The third-order valence-corrected chi connectivity index (χ3v) is 2.29. The highest BCUT2D eigenvalue weighted by Crippen LogP contribution is 2.18. The van der Waals surface area contributed by atoms with Crippen molar-refractivity contribution in [3.05, 3.63) is 35.4 Å². The first-order chi connectivity index (χ1) is 7.77. The van der Waals surface area contributed by atoms with Crippen LogP contribution in [0.4, 0.5) is 8.78 Å². The zero-order valence-corrected chi connectivity index (χ0v) is 10.5. The Bertz CT molecular complexity index is 432. The van der Waals surface area contributed by atoms with E-state index in [0.717, 1.165) is 23.2 Å². The van der Waals surface area contributed by atoms with Crippen molar-refractivity contribution in [2.45, 2.75) is 26.3 Å². The van der Waals surface area contributed by atoms with E-state index in [1.54, 1.807) is 20.8 Å². The summed E-state index contributed by atoms with van der Waals surface area (Å²) >= 11 is 5.43. The average molecular weight is 263 g/mol. The summed E-state index contributed by atoms with van der Waals surface area (Å²) in [5, 5.41) is 1.02. The van der Waals surface area contributed by atoms with Gasteiger partial charge in [-0.1, -0.05) is 0 Å². The topological polar surface area (TPSA) is 32.3 Å². The molecule has 0 aromatic heterocycles. The zero-order chi connectivity index (χ0) is 13.2. The highest BCUT2D eigenvalue weighted by atomic mass is 35.5. The van der Waals surface area contributed by atoms with Crippen LogP contribution in [0.2, 0.25) is 0 Å². The van der Waals surface area contributed by atoms with Crippen LogP contribution in [0.3, 0.4) is 0 Å². The Morgan fingerprint density at radius 1 is 1.35 bits per heavy atom. The fraction of sp³-hybridized carbons (Fsp3) is 0.364. The fourth-order valence-corrected chi connectivity index (χ4v) is 1.58. The fourth-order valence-electron chi connectivity index (χ4n) is 1.25. The molecule has 17 heavy (non-hydrogen) atoms. The van der Waals surface area contributed by atoms with Crippen LogP contribution in [0.1, 0.15) is 31.1 Å². The number of carbonyl (C=O) groups excluding carboxylic acids is 1. The van der Waals surface area contributed by atoms with Gasteiger partial charge in [0, 0.05) is 0 Å². The first-order valence-electron chi connectivity index (χ1n) is 4.93. The molecule has 1 rings (SSSR count). The maximum Gasteiger partial charge on any atom is 0.272 e. The van der Waals surface area contributed by atoms with Crippen LogP contribution in [-0.2, 0) is 0 Å². The number of hydrogen-bond donors (Lipinski definition) is 1. The van der Waals surface area contributed by atoms with Crippen LogP contribution in [-0.4, -0.2) is 16.5 Å². The molecular formula is C11H13ClF2N2O. The van der Waals surface area contributed by atoms with E-state index in [2.05, 4.69) is 4.94 Å². The van der Waals surface area contributed by atoms with E-state index in [4.69, 9.17) is 11.8 Å². The lowest BCUT2D eigenvalue weighted by Crippen LogP contribution is -2.50. The van der Waals surface area contributed by atoms with E-state index in [1.165, 1.54) is 0 Å². The zero-order valence-electron chi connectivity index (χ0n) is 9.72. The lowest BCUT2D eigenvalue weighted by atomic mass is 10.1. The molecule has 0 unspecified atom stereocenters. The van der Waals surface area contributed by atoms with Gasteiger partial charge in [-0.05, 0) is 50.7 Å². The molecule has 0 saturated carbocycles. The Hall–Kier alpha value is -1.20. The summed E-state index contributed by atoms with van der Waals surface area (Å²) in [6.45, 7) is 5.12. The molecule has 1 aromatic carbocycles. The van der Waals surface area contributed by atoms with Gasteiger partial charge in [0.25, 0.3) is 5.91 Å². The number of benzene rings is 1. The van der Waals surface area contributed by atoms with Gasteiger partial charge in [-0.25, -0.2) is 8.78 Å².